The molecule has 1 aliphatic rings. The Hall–Kier alpha value is -3.72. The third kappa shape index (κ3) is 5.41. The van der Waals surface area contributed by atoms with Crippen molar-refractivity contribution in [3.63, 3.8) is 0 Å². The minimum absolute atomic E-state index is 0.0121. The van der Waals surface area contributed by atoms with Crippen molar-refractivity contribution in [3.05, 3.63) is 53.1 Å². The number of aliphatic hydroxyl groups excluding tert-OH is 1. The molecule has 1 N–H and O–H groups in total. The van der Waals surface area contributed by atoms with E-state index >= 15 is 0 Å². The number of ketones is 1. The number of hydrogen-bond acceptors (Lipinski definition) is 8. The lowest BCUT2D eigenvalue weighted by Crippen LogP contribution is -2.31. The smallest absolute Gasteiger partial charge is 0.295 e. The summed E-state index contributed by atoms with van der Waals surface area (Å²) in [5, 5.41) is 11.3. The molecular formula is C27H33NO8. The molecule has 1 aliphatic heterocycles. The molecule has 3 rings (SSSR count). The fourth-order valence-corrected chi connectivity index (χ4v) is 4.21. The van der Waals surface area contributed by atoms with Gasteiger partial charge in [0, 0.05) is 25.8 Å². The zero-order valence-electron chi connectivity index (χ0n) is 21.5. The standard InChI is InChI=1S/C27H33NO8/c1-16(2)36-19-10-8-17(9-11-19)24(29)22-23(28(12-7-13-32-3)27(31)25(22)30)18-14-20(33-4)26(35-6)21(15-18)34-5/h8-11,14-16,23,29H,7,12-13H2,1-6H3/b24-22-. The molecule has 1 atom stereocenters. The second kappa shape index (κ2) is 11.8. The molecule has 0 bridgehead atoms. The number of carbonyl (C=O) groups is 2. The van der Waals surface area contributed by atoms with Gasteiger partial charge in [0.1, 0.15) is 11.5 Å². The van der Waals surface area contributed by atoms with Crippen molar-refractivity contribution in [1.82, 2.24) is 4.90 Å². The Morgan fingerprint density at radius 1 is 0.972 bits per heavy atom. The van der Waals surface area contributed by atoms with Crippen LogP contribution in [0.1, 0.15) is 37.4 Å². The first-order chi connectivity index (χ1) is 17.3. The van der Waals surface area contributed by atoms with Gasteiger partial charge in [-0.3, -0.25) is 9.59 Å². The fraction of sp³-hybridized carbons (Fsp3) is 0.407. The van der Waals surface area contributed by atoms with Crippen LogP contribution in [0, 0.1) is 0 Å². The average Bonchev–Trinajstić information content (AvgIpc) is 3.12. The fourth-order valence-electron chi connectivity index (χ4n) is 4.21. The summed E-state index contributed by atoms with van der Waals surface area (Å²) in [6.45, 7) is 4.48. The summed E-state index contributed by atoms with van der Waals surface area (Å²) in [5.41, 5.74) is 0.894. The van der Waals surface area contributed by atoms with Gasteiger partial charge in [-0.15, -0.1) is 0 Å². The summed E-state index contributed by atoms with van der Waals surface area (Å²) in [7, 11) is 6.02. The predicted octanol–water partition coefficient (Wildman–Crippen LogP) is 3.96. The minimum Gasteiger partial charge on any atom is -0.507 e. The van der Waals surface area contributed by atoms with Gasteiger partial charge in [0.15, 0.2) is 11.5 Å². The van der Waals surface area contributed by atoms with Gasteiger partial charge in [-0.05, 0) is 62.2 Å². The van der Waals surface area contributed by atoms with E-state index in [0.29, 0.717) is 47.2 Å². The van der Waals surface area contributed by atoms with E-state index in [4.69, 9.17) is 23.7 Å². The van der Waals surface area contributed by atoms with Crippen molar-refractivity contribution in [2.75, 3.05) is 41.6 Å². The molecule has 2 aromatic rings. The molecule has 0 radical (unpaired) electrons. The summed E-state index contributed by atoms with van der Waals surface area (Å²) in [6.07, 6.45) is 0.494. The number of carbonyl (C=O) groups excluding carboxylic acids is 2. The van der Waals surface area contributed by atoms with Crippen LogP contribution in [0.25, 0.3) is 5.76 Å². The summed E-state index contributed by atoms with van der Waals surface area (Å²) in [6, 6.07) is 9.19. The largest absolute Gasteiger partial charge is 0.507 e. The van der Waals surface area contributed by atoms with Crippen LogP contribution in [0.2, 0.25) is 0 Å². The van der Waals surface area contributed by atoms with Crippen LogP contribution in [0.3, 0.4) is 0 Å². The predicted molar refractivity (Wildman–Crippen MR) is 134 cm³/mol. The van der Waals surface area contributed by atoms with Gasteiger partial charge in [0.05, 0.1) is 39.0 Å². The van der Waals surface area contributed by atoms with Gasteiger partial charge in [0.2, 0.25) is 5.75 Å². The molecule has 1 unspecified atom stereocenters. The van der Waals surface area contributed by atoms with E-state index in [2.05, 4.69) is 0 Å². The molecule has 0 aliphatic carbocycles. The monoisotopic (exact) mass is 499 g/mol. The summed E-state index contributed by atoms with van der Waals surface area (Å²) >= 11 is 0. The van der Waals surface area contributed by atoms with E-state index in [-0.39, 0.29) is 24.0 Å². The van der Waals surface area contributed by atoms with E-state index in [1.807, 2.05) is 13.8 Å². The second-order valence-electron chi connectivity index (χ2n) is 8.49. The number of likely N-dealkylation sites (tertiary alicyclic amines) is 1. The van der Waals surface area contributed by atoms with Crippen molar-refractivity contribution in [1.29, 1.82) is 0 Å². The minimum atomic E-state index is -0.873. The number of ether oxygens (including phenoxy) is 5. The average molecular weight is 500 g/mol. The Morgan fingerprint density at radius 3 is 2.08 bits per heavy atom. The van der Waals surface area contributed by atoms with Crippen molar-refractivity contribution >= 4 is 17.4 Å². The van der Waals surface area contributed by atoms with Crippen LogP contribution >= 0.6 is 0 Å². The van der Waals surface area contributed by atoms with Crippen LogP contribution in [0.15, 0.2) is 42.0 Å². The molecule has 9 heteroatoms. The first-order valence-electron chi connectivity index (χ1n) is 11.6. The molecule has 1 fully saturated rings. The maximum Gasteiger partial charge on any atom is 0.295 e. The van der Waals surface area contributed by atoms with Crippen molar-refractivity contribution < 1.29 is 38.4 Å². The lowest BCUT2D eigenvalue weighted by Gasteiger charge is -2.26. The molecular weight excluding hydrogens is 466 g/mol. The lowest BCUT2D eigenvalue weighted by molar-refractivity contribution is -0.140. The maximum absolute atomic E-state index is 13.2. The molecule has 1 amide bonds. The Morgan fingerprint density at radius 2 is 1.58 bits per heavy atom. The number of nitrogens with zero attached hydrogens (tertiary/aromatic N) is 1. The van der Waals surface area contributed by atoms with Crippen LogP contribution in [-0.2, 0) is 14.3 Å². The number of amides is 1. The molecule has 1 saturated heterocycles. The Balaban J connectivity index is 2.17. The van der Waals surface area contributed by atoms with Crippen molar-refractivity contribution in [3.8, 4) is 23.0 Å². The van der Waals surface area contributed by atoms with Crippen LogP contribution in [0.4, 0.5) is 0 Å². The first kappa shape index (κ1) is 26.9. The summed E-state index contributed by atoms with van der Waals surface area (Å²) < 4.78 is 27.2. The highest BCUT2D eigenvalue weighted by molar-refractivity contribution is 6.46. The van der Waals surface area contributed by atoms with Gasteiger partial charge in [0.25, 0.3) is 11.7 Å². The van der Waals surface area contributed by atoms with Gasteiger partial charge >= 0.3 is 0 Å². The molecule has 9 nitrogen and oxygen atoms in total. The van der Waals surface area contributed by atoms with Gasteiger partial charge < -0.3 is 33.7 Å². The first-order valence-corrected chi connectivity index (χ1v) is 11.6. The number of aliphatic hydroxyl groups is 1. The molecule has 0 saturated carbocycles. The molecule has 1 heterocycles. The number of benzene rings is 2. The Kier molecular flexibility index (Phi) is 8.82. The van der Waals surface area contributed by atoms with Crippen LogP contribution in [0.5, 0.6) is 23.0 Å². The lowest BCUT2D eigenvalue weighted by atomic mass is 9.94. The zero-order valence-corrected chi connectivity index (χ0v) is 21.5. The third-order valence-electron chi connectivity index (χ3n) is 5.79. The molecule has 2 aromatic carbocycles. The van der Waals surface area contributed by atoms with E-state index in [1.54, 1.807) is 43.5 Å². The van der Waals surface area contributed by atoms with E-state index in [9.17, 15) is 14.7 Å². The quantitative estimate of drug-likeness (QED) is 0.215. The number of Topliss-reactive ketones (excluding diaryl/α,β-unsaturated/α-hetero) is 1. The van der Waals surface area contributed by atoms with Gasteiger partial charge in [-0.2, -0.15) is 0 Å². The normalized spacial score (nSPS) is 17.0. The third-order valence-corrected chi connectivity index (χ3v) is 5.79. The zero-order chi connectivity index (χ0) is 26.4. The SMILES string of the molecule is COCCCN1C(=O)C(=O)/C(=C(\O)c2ccc(OC(C)C)cc2)C1c1cc(OC)c(OC)c(OC)c1. The van der Waals surface area contributed by atoms with Crippen LogP contribution in [-0.4, -0.2) is 69.4 Å². The second-order valence-corrected chi connectivity index (χ2v) is 8.49. The highest BCUT2D eigenvalue weighted by Crippen LogP contribution is 2.45. The highest BCUT2D eigenvalue weighted by Gasteiger charge is 2.46. The number of methoxy groups -OCH3 is 4. The van der Waals surface area contributed by atoms with E-state index < -0.39 is 17.7 Å². The summed E-state index contributed by atoms with van der Waals surface area (Å²) in [4.78, 5) is 27.8. The molecule has 0 aromatic heterocycles. The highest BCUT2D eigenvalue weighted by atomic mass is 16.5. The Labute approximate surface area is 211 Å². The van der Waals surface area contributed by atoms with Gasteiger partial charge in [-0.1, -0.05) is 0 Å². The van der Waals surface area contributed by atoms with Crippen LogP contribution < -0.4 is 18.9 Å². The maximum atomic E-state index is 13.2. The summed E-state index contributed by atoms with van der Waals surface area (Å²) in [5.74, 6) is -0.0209. The van der Waals surface area contributed by atoms with E-state index in [1.165, 1.54) is 26.2 Å². The number of rotatable bonds is 11. The number of hydrogen-bond donors (Lipinski definition) is 1. The molecule has 194 valence electrons. The van der Waals surface area contributed by atoms with Gasteiger partial charge in [-0.25, -0.2) is 0 Å². The Bertz CT molecular complexity index is 1100. The van der Waals surface area contributed by atoms with Crippen molar-refractivity contribution in [2.24, 2.45) is 0 Å². The molecule has 36 heavy (non-hydrogen) atoms. The topological polar surface area (TPSA) is 104 Å². The van der Waals surface area contributed by atoms with Crippen molar-refractivity contribution in [2.45, 2.75) is 32.4 Å². The van der Waals surface area contributed by atoms with E-state index in [0.717, 1.165) is 0 Å². The molecule has 0 spiro atoms.